The number of nitrogens with one attached hydrogen (secondary N) is 2. The van der Waals surface area contributed by atoms with Crippen LogP contribution in [0.25, 0.3) is 10.9 Å². The van der Waals surface area contributed by atoms with Crippen molar-refractivity contribution in [3.63, 3.8) is 0 Å². The van der Waals surface area contributed by atoms with Gasteiger partial charge >= 0.3 is 0 Å². The van der Waals surface area contributed by atoms with Crippen molar-refractivity contribution in [2.45, 2.75) is 129 Å². The molecule has 3 N–H and O–H groups in total. The van der Waals surface area contributed by atoms with Crippen LogP contribution in [0.4, 0.5) is 0 Å². The van der Waals surface area contributed by atoms with Gasteiger partial charge in [-0.3, -0.25) is 4.79 Å². The van der Waals surface area contributed by atoms with Crippen LogP contribution in [-0.4, -0.2) is 22.5 Å². The van der Waals surface area contributed by atoms with Gasteiger partial charge in [0.15, 0.2) is 0 Å². The molecule has 0 saturated heterocycles. The molecule has 0 spiro atoms. The number of H-pyrrole nitrogens is 1. The number of phenols is 1. The van der Waals surface area contributed by atoms with E-state index >= 15 is 0 Å². The van der Waals surface area contributed by atoms with Gasteiger partial charge in [0.05, 0.1) is 0 Å². The van der Waals surface area contributed by atoms with E-state index in [0.29, 0.717) is 13.0 Å². The maximum Gasteiger partial charge on any atom is 0.220 e. The first-order valence-corrected chi connectivity index (χ1v) is 14.9. The Balaban J connectivity index is 1.32. The molecule has 0 aliphatic carbocycles. The fourth-order valence-electron chi connectivity index (χ4n) is 4.86. The van der Waals surface area contributed by atoms with Crippen LogP contribution in [0.1, 0.15) is 128 Å². The van der Waals surface area contributed by atoms with Gasteiger partial charge in [-0.05, 0) is 62.3 Å². The molecule has 1 heterocycles. The third-order valence-electron chi connectivity index (χ3n) is 7.13. The first-order chi connectivity index (χ1) is 17.7. The fraction of sp³-hybridized carbons (Fsp3) is 0.656. The number of fused-ring (bicyclic) bond motifs is 1. The highest BCUT2D eigenvalue weighted by atomic mass is 16.3. The van der Waals surface area contributed by atoms with Gasteiger partial charge < -0.3 is 15.4 Å². The van der Waals surface area contributed by atoms with Gasteiger partial charge in [0.25, 0.3) is 0 Å². The third-order valence-corrected chi connectivity index (χ3v) is 7.13. The predicted octanol–water partition coefficient (Wildman–Crippen LogP) is 9.13. The lowest BCUT2D eigenvalue weighted by Gasteiger charge is -2.05. The molecular weight excluding hydrogens is 444 g/mol. The van der Waals surface area contributed by atoms with Gasteiger partial charge in [0.2, 0.25) is 5.91 Å². The highest BCUT2D eigenvalue weighted by Gasteiger charge is 2.06. The van der Waals surface area contributed by atoms with Gasteiger partial charge in [0.1, 0.15) is 5.75 Å². The molecule has 2 rings (SSSR count). The summed E-state index contributed by atoms with van der Waals surface area (Å²) in [4.78, 5) is 15.3. The van der Waals surface area contributed by atoms with Gasteiger partial charge in [0, 0.05) is 30.1 Å². The highest BCUT2D eigenvalue weighted by molar-refractivity contribution is 5.84. The van der Waals surface area contributed by atoms with Gasteiger partial charge in [-0.15, -0.1) is 0 Å². The minimum absolute atomic E-state index is 0.152. The third kappa shape index (κ3) is 13.8. The second-order valence-corrected chi connectivity index (χ2v) is 10.4. The Morgan fingerprint density at radius 2 is 1.42 bits per heavy atom. The van der Waals surface area contributed by atoms with Crippen LogP contribution >= 0.6 is 0 Å². The van der Waals surface area contributed by atoms with Crippen molar-refractivity contribution >= 4 is 16.8 Å². The summed E-state index contributed by atoms with van der Waals surface area (Å²) in [6, 6.07) is 5.34. The number of amides is 1. The Bertz CT molecular complexity index is 855. The maximum atomic E-state index is 12.1. The number of carbonyl (C=O) groups excluding carboxylic acids is 1. The minimum atomic E-state index is 0.152. The summed E-state index contributed by atoms with van der Waals surface area (Å²) in [5.41, 5.74) is 2.14. The first-order valence-electron chi connectivity index (χ1n) is 14.9. The molecule has 1 aromatic carbocycles. The number of rotatable bonds is 22. The van der Waals surface area contributed by atoms with Crippen molar-refractivity contribution in [2.24, 2.45) is 0 Å². The largest absolute Gasteiger partial charge is 0.508 e. The molecule has 0 aliphatic rings. The number of hydrogen-bond donors (Lipinski definition) is 3. The molecule has 0 fully saturated rings. The molecule has 0 aliphatic heterocycles. The standard InChI is InChI=1S/C32H52N2O2/c1-2-3-4-5-6-7-8-9-10-11-12-13-14-15-16-17-18-19-20-21-32(36)33-25-24-28-27-34-31-23-22-29(35)26-30(28)31/h9-10,22-23,26-27,34-35H,2-8,11-21,24-25H2,1H3,(H,33,36)/b10-9-. The second-order valence-electron chi connectivity index (χ2n) is 10.4. The molecular formula is C32H52N2O2. The molecule has 2 aromatic rings. The summed E-state index contributed by atoms with van der Waals surface area (Å²) >= 11 is 0. The Hall–Kier alpha value is -2.23. The number of aromatic amines is 1. The Morgan fingerprint density at radius 1 is 0.833 bits per heavy atom. The zero-order valence-electron chi connectivity index (χ0n) is 23.0. The number of aromatic hydroxyl groups is 1. The van der Waals surface area contributed by atoms with E-state index in [0.717, 1.165) is 35.7 Å². The maximum absolute atomic E-state index is 12.1. The molecule has 0 bridgehead atoms. The summed E-state index contributed by atoms with van der Waals surface area (Å²) in [5.74, 6) is 0.424. The van der Waals surface area contributed by atoms with E-state index in [-0.39, 0.29) is 11.7 Å². The quantitative estimate of drug-likeness (QED) is 0.112. The van der Waals surface area contributed by atoms with Crippen molar-refractivity contribution in [3.8, 4) is 5.75 Å². The van der Waals surface area contributed by atoms with Crippen LogP contribution in [0.15, 0.2) is 36.5 Å². The zero-order valence-corrected chi connectivity index (χ0v) is 23.0. The molecule has 1 aromatic heterocycles. The monoisotopic (exact) mass is 496 g/mol. The molecule has 0 saturated carbocycles. The summed E-state index contributed by atoms with van der Waals surface area (Å²) in [7, 11) is 0. The number of allylic oxidation sites excluding steroid dienone is 2. The van der Waals surface area contributed by atoms with Crippen molar-refractivity contribution in [2.75, 3.05) is 6.54 Å². The average Bonchev–Trinajstić information content (AvgIpc) is 3.27. The molecule has 4 heteroatoms. The van der Waals surface area contributed by atoms with Crippen LogP contribution in [0.3, 0.4) is 0 Å². The normalized spacial score (nSPS) is 11.6. The second kappa shape index (κ2) is 19.9. The lowest BCUT2D eigenvalue weighted by Crippen LogP contribution is -2.25. The number of phenolic OH excluding ortho intramolecular Hbond substituents is 1. The van der Waals surface area contributed by atoms with E-state index in [9.17, 15) is 9.90 Å². The number of aromatic nitrogens is 1. The molecule has 0 unspecified atom stereocenters. The van der Waals surface area contributed by atoms with Crippen LogP contribution in [0, 0.1) is 0 Å². The summed E-state index contributed by atoms with van der Waals surface area (Å²) in [6.45, 7) is 2.91. The molecule has 1 amide bonds. The van der Waals surface area contributed by atoms with Crippen LogP contribution in [0.5, 0.6) is 5.75 Å². The van der Waals surface area contributed by atoms with Crippen LogP contribution in [-0.2, 0) is 11.2 Å². The molecule has 4 nitrogen and oxygen atoms in total. The predicted molar refractivity (Wildman–Crippen MR) is 155 cm³/mol. The average molecular weight is 497 g/mol. The first kappa shape index (κ1) is 30.0. The van der Waals surface area contributed by atoms with Crippen LogP contribution < -0.4 is 5.32 Å². The lowest BCUT2D eigenvalue weighted by atomic mass is 10.1. The zero-order chi connectivity index (χ0) is 25.7. The van der Waals surface area contributed by atoms with E-state index in [2.05, 4.69) is 29.4 Å². The van der Waals surface area contributed by atoms with Crippen LogP contribution in [0.2, 0.25) is 0 Å². The Labute approximate surface area is 220 Å². The Kier molecular flexibility index (Phi) is 16.6. The summed E-state index contributed by atoms with van der Waals surface area (Å²) in [6.07, 6.45) is 30.4. The van der Waals surface area contributed by atoms with Gasteiger partial charge in [-0.2, -0.15) is 0 Å². The van der Waals surface area contributed by atoms with E-state index in [1.807, 2.05) is 12.3 Å². The topological polar surface area (TPSA) is 65.1 Å². The SMILES string of the molecule is CCCCCCCC/C=C\CCCCCCCCCCCC(=O)NCCc1c[nH]c2ccc(O)cc12. The summed E-state index contributed by atoms with van der Waals surface area (Å²) in [5, 5.41) is 13.8. The Morgan fingerprint density at radius 3 is 2.06 bits per heavy atom. The fourth-order valence-corrected chi connectivity index (χ4v) is 4.86. The smallest absolute Gasteiger partial charge is 0.220 e. The van der Waals surface area contributed by atoms with E-state index in [4.69, 9.17) is 0 Å². The minimum Gasteiger partial charge on any atom is -0.508 e. The van der Waals surface area contributed by atoms with E-state index in [1.54, 1.807) is 12.1 Å². The van der Waals surface area contributed by atoms with Crippen molar-refractivity contribution in [1.82, 2.24) is 10.3 Å². The molecule has 36 heavy (non-hydrogen) atoms. The van der Waals surface area contributed by atoms with E-state index in [1.165, 1.54) is 96.3 Å². The molecule has 202 valence electrons. The highest BCUT2D eigenvalue weighted by Crippen LogP contribution is 2.23. The molecule has 0 radical (unpaired) electrons. The number of unbranched alkanes of at least 4 members (excludes halogenated alkanes) is 15. The lowest BCUT2D eigenvalue weighted by molar-refractivity contribution is -0.121. The number of benzene rings is 1. The molecule has 0 atom stereocenters. The summed E-state index contributed by atoms with van der Waals surface area (Å²) < 4.78 is 0. The van der Waals surface area contributed by atoms with Crippen molar-refractivity contribution in [3.05, 3.63) is 42.1 Å². The number of carbonyl (C=O) groups is 1. The number of hydrogen-bond acceptors (Lipinski definition) is 2. The van der Waals surface area contributed by atoms with Gasteiger partial charge in [-0.25, -0.2) is 0 Å². The van der Waals surface area contributed by atoms with Gasteiger partial charge in [-0.1, -0.05) is 96.1 Å². The van der Waals surface area contributed by atoms with E-state index < -0.39 is 0 Å². The van der Waals surface area contributed by atoms with Crippen molar-refractivity contribution in [1.29, 1.82) is 0 Å². The van der Waals surface area contributed by atoms with Crippen molar-refractivity contribution < 1.29 is 9.90 Å².